The molecule has 0 unspecified atom stereocenters. The van der Waals surface area contributed by atoms with Crippen LogP contribution in [0.1, 0.15) is 40.5 Å². The number of nitrogens with zero attached hydrogens (tertiary/aromatic N) is 4. The fourth-order valence-electron chi connectivity index (χ4n) is 3.97. The third-order valence-electron chi connectivity index (χ3n) is 6.12. The van der Waals surface area contributed by atoms with Crippen LogP contribution in [0.2, 0.25) is 10.0 Å². The van der Waals surface area contributed by atoms with Crippen molar-refractivity contribution >= 4 is 29.1 Å². The van der Waals surface area contributed by atoms with Gasteiger partial charge in [-0.15, -0.1) is 0 Å². The Balaban J connectivity index is 1.53. The average molecular weight is 487 g/mol. The van der Waals surface area contributed by atoms with Gasteiger partial charge in [0.1, 0.15) is 6.26 Å². The predicted octanol–water partition coefficient (Wildman–Crippen LogP) is 5.13. The molecule has 6 nitrogen and oxygen atoms in total. The molecule has 2 aromatic carbocycles. The van der Waals surface area contributed by atoms with Gasteiger partial charge in [0.15, 0.2) is 5.69 Å². The smallest absolute Gasteiger partial charge is 0.275 e. The molecule has 1 aromatic heterocycles. The molecule has 0 radical (unpaired) electrons. The van der Waals surface area contributed by atoms with E-state index in [2.05, 4.69) is 40.9 Å². The lowest BCUT2D eigenvalue weighted by Gasteiger charge is -2.31. The minimum Gasteiger partial charge on any atom is -0.447 e. The summed E-state index contributed by atoms with van der Waals surface area (Å²) in [5.74, 6) is 0.418. The van der Waals surface area contributed by atoms with Crippen LogP contribution in [0.25, 0.3) is 0 Å². The summed E-state index contributed by atoms with van der Waals surface area (Å²) in [4.78, 5) is 23.7. The highest BCUT2D eigenvalue weighted by Gasteiger charge is 2.25. The molecule has 33 heavy (non-hydrogen) atoms. The quantitative estimate of drug-likeness (QED) is 0.463. The highest BCUT2D eigenvalue weighted by molar-refractivity contribution is 6.35. The Morgan fingerprint density at radius 2 is 1.82 bits per heavy atom. The fourth-order valence-corrected chi connectivity index (χ4v) is 4.44. The van der Waals surface area contributed by atoms with Crippen molar-refractivity contribution in [3.05, 3.63) is 87.6 Å². The summed E-state index contributed by atoms with van der Waals surface area (Å²) in [5.41, 5.74) is 2.48. The number of carbonyl (C=O) groups is 1. The van der Waals surface area contributed by atoms with E-state index in [4.69, 9.17) is 27.6 Å². The molecule has 1 aliphatic rings. The third kappa shape index (κ3) is 5.95. The summed E-state index contributed by atoms with van der Waals surface area (Å²) in [5, 5.41) is 1.22. The fraction of sp³-hybridized carbons (Fsp3) is 0.360. The Morgan fingerprint density at radius 1 is 1.09 bits per heavy atom. The standard InChI is InChI=1S/C25H28Cl2N4O2/c1-18(19-6-4-3-5-7-19)31(15-20-8-9-21(26)14-22(20)27)16-24-28-23(17-33-24)25(32)30-12-10-29(2)11-13-30/h3-9,14,17-18H,10-13,15-16H2,1-2H3/t18-/m1/s1. The molecule has 0 saturated carbocycles. The Labute approximate surface area is 204 Å². The first-order chi connectivity index (χ1) is 15.9. The molecular weight excluding hydrogens is 459 g/mol. The second-order valence-electron chi connectivity index (χ2n) is 8.45. The Morgan fingerprint density at radius 3 is 2.52 bits per heavy atom. The van der Waals surface area contributed by atoms with E-state index in [0.29, 0.717) is 47.8 Å². The van der Waals surface area contributed by atoms with Gasteiger partial charge in [-0.1, -0.05) is 59.6 Å². The van der Waals surface area contributed by atoms with Crippen molar-refractivity contribution in [3.8, 4) is 0 Å². The maximum atomic E-state index is 12.9. The molecule has 8 heteroatoms. The van der Waals surface area contributed by atoms with E-state index in [-0.39, 0.29) is 11.9 Å². The van der Waals surface area contributed by atoms with Crippen molar-refractivity contribution in [2.75, 3.05) is 33.2 Å². The first kappa shape index (κ1) is 23.8. The van der Waals surface area contributed by atoms with Crippen molar-refractivity contribution in [1.29, 1.82) is 0 Å². The number of benzene rings is 2. The van der Waals surface area contributed by atoms with Crippen LogP contribution in [0.3, 0.4) is 0 Å². The topological polar surface area (TPSA) is 52.8 Å². The first-order valence-corrected chi connectivity index (χ1v) is 11.8. The second kappa shape index (κ2) is 10.7. The van der Waals surface area contributed by atoms with Crippen LogP contribution in [-0.2, 0) is 13.1 Å². The summed E-state index contributed by atoms with van der Waals surface area (Å²) in [6, 6.07) is 15.8. The van der Waals surface area contributed by atoms with Gasteiger partial charge in [0.25, 0.3) is 5.91 Å². The first-order valence-electron chi connectivity index (χ1n) is 11.1. The number of hydrogen-bond acceptors (Lipinski definition) is 5. The molecule has 1 fully saturated rings. The van der Waals surface area contributed by atoms with E-state index in [1.165, 1.54) is 11.8 Å². The van der Waals surface area contributed by atoms with E-state index in [0.717, 1.165) is 18.7 Å². The molecule has 0 spiro atoms. The highest BCUT2D eigenvalue weighted by Crippen LogP contribution is 2.28. The van der Waals surface area contributed by atoms with Gasteiger partial charge in [0.05, 0.1) is 6.54 Å². The van der Waals surface area contributed by atoms with Gasteiger partial charge in [0.2, 0.25) is 5.89 Å². The molecule has 174 valence electrons. The number of halogens is 2. The highest BCUT2D eigenvalue weighted by atomic mass is 35.5. The molecule has 0 bridgehead atoms. The van der Waals surface area contributed by atoms with Crippen molar-refractivity contribution in [2.45, 2.75) is 26.1 Å². The summed E-state index contributed by atoms with van der Waals surface area (Å²) in [6.45, 7) is 6.27. The predicted molar refractivity (Wildman–Crippen MR) is 130 cm³/mol. The molecule has 1 aliphatic heterocycles. The SMILES string of the molecule is C[C@H](c1ccccc1)N(Cc1nc(C(=O)N2CCN(C)CC2)co1)Cc1ccc(Cl)cc1Cl. The monoisotopic (exact) mass is 486 g/mol. The third-order valence-corrected chi connectivity index (χ3v) is 6.70. The van der Waals surface area contributed by atoms with Crippen LogP contribution in [0.4, 0.5) is 0 Å². The number of amides is 1. The zero-order chi connectivity index (χ0) is 23.4. The number of oxazole rings is 1. The molecule has 4 rings (SSSR count). The van der Waals surface area contributed by atoms with Gasteiger partial charge >= 0.3 is 0 Å². The van der Waals surface area contributed by atoms with Crippen LogP contribution in [-0.4, -0.2) is 58.8 Å². The largest absolute Gasteiger partial charge is 0.447 e. The number of carbonyl (C=O) groups excluding carboxylic acids is 1. The van der Waals surface area contributed by atoms with Crippen LogP contribution in [0.5, 0.6) is 0 Å². The Kier molecular flexibility index (Phi) is 7.71. The second-order valence-corrected chi connectivity index (χ2v) is 9.29. The molecule has 1 amide bonds. The van der Waals surface area contributed by atoms with E-state index in [1.54, 1.807) is 6.07 Å². The molecule has 1 atom stereocenters. The molecular formula is C25H28Cl2N4O2. The van der Waals surface area contributed by atoms with Gasteiger partial charge in [0, 0.05) is 48.8 Å². The maximum Gasteiger partial charge on any atom is 0.275 e. The van der Waals surface area contributed by atoms with Gasteiger partial charge in [-0.3, -0.25) is 9.69 Å². The lowest BCUT2D eigenvalue weighted by atomic mass is 10.1. The van der Waals surface area contributed by atoms with Crippen LogP contribution >= 0.6 is 23.2 Å². The number of hydrogen-bond donors (Lipinski definition) is 0. The number of aromatic nitrogens is 1. The summed E-state index contributed by atoms with van der Waals surface area (Å²) in [7, 11) is 2.06. The minimum atomic E-state index is -0.0819. The Bertz CT molecular complexity index is 1080. The van der Waals surface area contributed by atoms with E-state index in [1.807, 2.05) is 35.2 Å². The van der Waals surface area contributed by atoms with Gasteiger partial charge in [-0.05, 0) is 37.2 Å². The molecule has 1 saturated heterocycles. The lowest BCUT2D eigenvalue weighted by Crippen LogP contribution is -2.47. The molecule has 0 aliphatic carbocycles. The van der Waals surface area contributed by atoms with Crippen LogP contribution < -0.4 is 0 Å². The van der Waals surface area contributed by atoms with Crippen molar-refractivity contribution in [2.24, 2.45) is 0 Å². The van der Waals surface area contributed by atoms with Crippen molar-refractivity contribution in [1.82, 2.24) is 19.7 Å². The van der Waals surface area contributed by atoms with Gasteiger partial charge < -0.3 is 14.2 Å². The number of rotatable bonds is 7. The normalized spacial score (nSPS) is 15.7. The van der Waals surface area contributed by atoms with Crippen molar-refractivity contribution in [3.63, 3.8) is 0 Å². The number of piperazine rings is 1. The van der Waals surface area contributed by atoms with Crippen LogP contribution in [0, 0.1) is 0 Å². The van der Waals surface area contributed by atoms with E-state index < -0.39 is 0 Å². The summed E-state index contributed by atoms with van der Waals surface area (Å²) >= 11 is 12.5. The average Bonchev–Trinajstić information content (AvgIpc) is 3.29. The summed E-state index contributed by atoms with van der Waals surface area (Å²) < 4.78 is 5.74. The molecule has 3 aromatic rings. The zero-order valence-electron chi connectivity index (χ0n) is 18.9. The van der Waals surface area contributed by atoms with Crippen LogP contribution in [0.15, 0.2) is 59.2 Å². The Hall–Kier alpha value is -2.38. The zero-order valence-corrected chi connectivity index (χ0v) is 20.4. The minimum absolute atomic E-state index is 0.0710. The molecule has 2 heterocycles. The van der Waals surface area contributed by atoms with E-state index in [9.17, 15) is 4.79 Å². The number of likely N-dealkylation sites (N-methyl/N-ethyl adjacent to an activating group) is 1. The maximum absolute atomic E-state index is 12.9. The molecule has 0 N–H and O–H groups in total. The van der Waals surface area contributed by atoms with Gasteiger partial charge in [-0.25, -0.2) is 4.98 Å². The summed E-state index contributed by atoms with van der Waals surface area (Å²) in [6.07, 6.45) is 1.47. The van der Waals surface area contributed by atoms with Crippen molar-refractivity contribution < 1.29 is 9.21 Å². The van der Waals surface area contributed by atoms with E-state index >= 15 is 0 Å². The van der Waals surface area contributed by atoms with Gasteiger partial charge in [-0.2, -0.15) is 0 Å². The lowest BCUT2D eigenvalue weighted by molar-refractivity contribution is 0.0658.